The SMILES string of the molecule is CC.CC.CS.FSn1ccnc1-c1ccc(N2CCNCC2)cn1. The maximum Gasteiger partial charge on any atom is 0.171 e. The highest BCUT2D eigenvalue weighted by Gasteiger charge is 2.12. The molecule has 1 aliphatic rings. The van der Waals surface area contributed by atoms with Crippen LogP contribution in [0, 0.1) is 0 Å². The average molecular weight is 388 g/mol. The van der Waals surface area contributed by atoms with Gasteiger partial charge in [0.2, 0.25) is 0 Å². The molecular formula is C17H30FN5S2. The van der Waals surface area contributed by atoms with Crippen molar-refractivity contribution >= 4 is 30.7 Å². The third-order valence-electron chi connectivity index (χ3n) is 3.14. The Kier molecular flexibility index (Phi) is 14.3. The molecule has 0 radical (unpaired) electrons. The third-order valence-corrected chi connectivity index (χ3v) is 3.58. The summed E-state index contributed by atoms with van der Waals surface area (Å²) in [5.41, 5.74) is 1.77. The fraction of sp³-hybridized carbons (Fsp3) is 0.529. The summed E-state index contributed by atoms with van der Waals surface area (Å²) in [6.45, 7) is 11.9. The minimum absolute atomic E-state index is 0.125. The molecule has 1 aliphatic heterocycles. The van der Waals surface area contributed by atoms with Crippen LogP contribution in [0.4, 0.5) is 9.57 Å². The van der Waals surface area contributed by atoms with Crippen molar-refractivity contribution in [2.24, 2.45) is 0 Å². The van der Waals surface area contributed by atoms with E-state index in [0.29, 0.717) is 11.5 Å². The van der Waals surface area contributed by atoms with Crippen molar-refractivity contribution in [3.63, 3.8) is 0 Å². The summed E-state index contributed by atoms with van der Waals surface area (Å²) in [4.78, 5) is 10.8. The lowest BCUT2D eigenvalue weighted by Crippen LogP contribution is -2.43. The Hall–Kier alpha value is -1.25. The summed E-state index contributed by atoms with van der Waals surface area (Å²) in [6, 6.07) is 3.89. The van der Waals surface area contributed by atoms with Gasteiger partial charge in [-0.15, -0.1) is 3.89 Å². The van der Waals surface area contributed by atoms with Gasteiger partial charge in [-0.05, 0) is 18.4 Å². The van der Waals surface area contributed by atoms with Gasteiger partial charge in [-0.2, -0.15) is 12.6 Å². The molecule has 0 aromatic carbocycles. The van der Waals surface area contributed by atoms with E-state index >= 15 is 0 Å². The Morgan fingerprint density at radius 2 is 1.72 bits per heavy atom. The second-order valence-electron chi connectivity index (χ2n) is 4.28. The Morgan fingerprint density at radius 3 is 2.24 bits per heavy atom. The quantitative estimate of drug-likeness (QED) is 0.768. The number of pyridine rings is 1. The number of nitrogens with zero attached hydrogens (tertiary/aromatic N) is 4. The molecule has 0 bridgehead atoms. The molecule has 1 fully saturated rings. The minimum Gasteiger partial charge on any atom is -0.368 e. The van der Waals surface area contributed by atoms with Crippen molar-refractivity contribution in [1.29, 1.82) is 0 Å². The van der Waals surface area contributed by atoms with E-state index in [0.717, 1.165) is 31.9 Å². The molecule has 0 amide bonds. The zero-order valence-corrected chi connectivity index (χ0v) is 17.4. The number of nitrogens with one attached hydrogen (secondary N) is 1. The van der Waals surface area contributed by atoms with Crippen LogP contribution in [0.3, 0.4) is 0 Å². The zero-order valence-electron chi connectivity index (χ0n) is 15.7. The second-order valence-corrected chi connectivity index (χ2v) is 4.82. The van der Waals surface area contributed by atoms with Crippen LogP contribution in [0.2, 0.25) is 0 Å². The highest BCUT2D eigenvalue weighted by molar-refractivity contribution is 7.92. The molecule has 142 valence electrons. The van der Waals surface area contributed by atoms with Crippen LogP contribution in [0.1, 0.15) is 27.7 Å². The lowest BCUT2D eigenvalue weighted by atomic mass is 10.2. The van der Waals surface area contributed by atoms with E-state index in [1.165, 1.54) is 3.97 Å². The van der Waals surface area contributed by atoms with Crippen molar-refractivity contribution in [1.82, 2.24) is 19.3 Å². The summed E-state index contributed by atoms with van der Waals surface area (Å²) in [6.07, 6.45) is 6.66. The lowest BCUT2D eigenvalue weighted by Gasteiger charge is -2.29. The van der Waals surface area contributed by atoms with Gasteiger partial charge in [0.15, 0.2) is 18.2 Å². The van der Waals surface area contributed by atoms with E-state index in [-0.39, 0.29) is 12.3 Å². The number of hydrogen-bond acceptors (Lipinski definition) is 6. The van der Waals surface area contributed by atoms with Gasteiger partial charge in [0.1, 0.15) is 5.69 Å². The fourth-order valence-electron chi connectivity index (χ4n) is 2.16. The van der Waals surface area contributed by atoms with Crippen LogP contribution in [0.15, 0.2) is 30.7 Å². The Balaban J connectivity index is 0.000000871. The first-order valence-electron chi connectivity index (χ1n) is 8.58. The number of imidazole rings is 1. The molecule has 0 aliphatic carbocycles. The van der Waals surface area contributed by atoms with Gasteiger partial charge in [0.25, 0.3) is 0 Å². The number of aromatic nitrogens is 3. The van der Waals surface area contributed by atoms with Crippen LogP contribution in [0.25, 0.3) is 11.5 Å². The Bertz CT molecular complexity index is 542. The molecule has 8 heteroatoms. The van der Waals surface area contributed by atoms with Gasteiger partial charge in [-0.3, -0.25) is 4.98 Å². The fourth-order valence-corrected chi connectivity index (χ4v) is 2.46. The minimum atomic E-state index is 0.125. The van der Waals surface area contributed by atoms with Crippen molar-refractivity contribution in [3.8, 4) is 11.5 Å². The molecule has 1 saturated heterocycles. The topological polar surface area (TPSA) is 46.0 Å². The Morgan fingerprint density at radius 1 is 1.08 bits per heavy atom. The molecule has 5 nitrogen and oxygen atoms in total. The number of piperazine rings is 1. The summed E-state index contributed by atoms with van der Waals surface area (Å²) in [5, 5.41) is 3.31. The first kappa shape index (κ1) is 23.8. The smallest absolute Gasteiger partial charge is 0.171 e. The predicted molar refractivity (Wildman–Crippen MR) is 112 cm³/mol. The van der Waals surface area contributed by atoms with Gasteiger partial charge in [-0.1, -0.05) is 27.7 Å². The van der Waals surface area contributed by atoms with Crippen molar-refractivity contribution in [2.45, 2.75) is 27.7 Å². The van der Waals surface area contributed by atoms with Crippen LogP contribution >= 0.6 is 25.0 Å². The predicted octanol–water partition coefficient (Wildman–Crippen LogP) is 4.33. The monoisotopic (exact) mass is 387 g/mol. The van der Waals surface area contributed by atoms with Gasteiger partial charge in [0.05, 0.1) is 11.9 Å². The van der Waals surface area contributed by atoms with E-state index in [2.05, 4.69) is 32.8 Å². The molecule has 0 unspecified atom stereocenters. The summed E-state index contributed by atoms with van der Waals surface area (Å²) in [5.74, 6) is 0.527. The molecule has 2 aromatic rings. The van der Waals surface area contributed by atoms with E-state index in [9.17, 15) is 3.89 Å². The zero-order chi connectivity index (χ0) is 19.1. The van der Waals surface area contributed by atoms with Gasteiger partial charge >= 0.3 is 0 Å². The van der Waals surface area contributed by atoms with Crippen molar-refractivity contribution in [2.75, 3.05) is 37.3 Å². The molecule has 0 atom stereocenters. The molecule has 3 rings (SSSR count). The van der Waals surface area contributed by atoms with Crippen molar-refractivity contribution in [3.05, 3.63) is 30.7 Å². The van der Waals surface area contributed by atoms with E-state index < -0.39 is 0 Å². The number of rotatable bonds is 3. The van der Waals surface area contributed by atoms with Crippen LogP contribution in [-0.2, 0) is 0 Å². The highest BCUT2D eigenvalue weighted by Crippen LogP contribution is 2.22. The summed E-state index contributed by atoms with van der Waals surface area (Å²) >= 11 is 3.65. The number of thiol groups is 1. The highest BCUT2D eigenvalue weighted by atomic mass is 32.2. The van der Waals surface area contributed by atoms with Crippen LogP contribution in [0.5, 0.6) is 0 Å². The molecular weight excluding hydrogens is 357 g/mol. The number of hydrogen-bond donors (Lipinski definition) is 2. The molecule has 25 heavy (non-hydrogen) atoms. The lowest BCUT2D eigenvalue weighted by molar-refractivity contribution is 0.589. The largest absolute Gasteiger partial charge is 0.368 e. The maximum absolute atomic E-state index is 12.7. The standard InChI is InChI=1S/C12H14FN5S.2C2H6.CH4S/c13-19-18-8-5-15-12(18)11-2-1-10(9-16-11)17-6-3-14-4-7-17;3*1-2/h1-2,5,8-9,14H,3-4,6-7H2;2*1-2H3;2H,1H3. The number of anilines is 1. The molecule has 0 saturated carbocycles. The van der Waals surface area contributed by atoms with Gasteiger partial charge in [-0.25, -0.2) is 8.96 Å². The van der Waals surface area contributed by atoms with Gasteiger partial charge in [0, 0.05) is 38.6 Å². The molecule has 2 aromatic heterocycles. The van der Waals surface area contributed by atoms with E-state index in [1.54, 1.807) is 18.6 Å². The number of halogens is 1. The molecule has 0 spiro atoms. The van der Waals surface area contributed by atoms with Crippen LogP contribution < -0.4 is 10.2 Å². The first-order valence-corrected chi connectivity index (χ1v) is 10.1. The molecule has 1 N–H and O–H groups in total. The normalized spacial score (nSPS) is 12.7. The Labute approximate surface area is 161 Å². The summed E-state index contributed by atoms with van der Waals surface area (Å²) < 4.78 is 14.0. The third kappa shape index (κ3) is 7.25. The van der Waals surface area contributed by atoms with Crippen molar-refractivity contribution < 1.29 is 3.89 Å². The van der Waals surface area contributed by atoms with Gasteiger partial charge < -0.3 is 10.2 Å². The summed E-state index contributed by atoms with van der Waals surface area (Å²) in [7, 11) is 0. The first-order chi connectivity index (χ1) is 12.4. The van der Waals surface area contributed by atoms with E-state index in [1.807, 2.05) is 46.0 Å². The van der Waals surface area contributed by atoms with Crippen LogP contribution in [-0.4, -0.2) is 46.4 Å². The van der Waals surface area contributed by atoms with E-state index in [4.69, 9.17) is 0 Å². The second kappa shape index (κ2) is 15.0. The maximum atomic E-state index is 12.7. The molecule has 3 heterocycles. The average Bonchev–Trinajstić information content (AvgIpc) is 3.22.